The van der Waals surface area contributed by atoms with Crippen molar-refractivity contribution in [2.75, 3.05) is 66.3 Å². The van der Waals surface area contributed by atoms with Crippen molar-refractivity contribution in [2.45, 2.75) is 56.9 Å². The minimum Gasteiger partial charge on any atom is -0.489 e. The van der Waals surface area contributed by atoms with Gasteiger partial charge >= 0.3 is 6.18 Å². The van der Waals surface area contributed by atoms with Crippen molar-refractivity contribution in [1.29, 1.82) is 5.26 Å². The fourth-order valence-electron chi connectivity index (χ4n) is 7.19. The number of rotatable bonds is 11. The normalized spacial score (nSPS) is 20.3. The summed E-state index contributed by atoms with van der Waals surface area (Å²) in [7, 11) is 0. The maximum Gasteiger partial charge on any atom is 0.417 e. The van der Waals surface area contributed by atoms with Crippen LogP contribution < -0.4 is 30.5 Å². The highest BCUT2D eigenvalue weighted by molar-refractivity contribution is 7.81. The van der Waals surface area contributed by atoms with Crippen LogP contribution in [0.15, 0.2) is 54.6 Å². The number of hydrogen-bond donors (Lipinski definition) is 4. The standard InChI is InChI=1S/C39H42F4N8O5S/c1-23-17-32(29(40)20-31(23)51-37(57)50(36(55)38(51,2)3)27-8-7-24(21-44)28(19-27)39(41,42)43)56-16-15-48-11-13-49(14-12-48)22-34(53)46-26-6-4-5-25(18-26)45-30-9-10-33(52)47-35(30)54/h4-8,17-20,30,37,45,57H,9-16,22H2,1-3H3,(H,46,53)(H,47,52,54). The van der Waals surface area contributed by atoms with Gasteiger partial charge in [-0.25, -0.2) is 4.39 Å². The van der Waals surface area contributed by atoms with Crippen LogP contribution in [-0.2, 0) is 25.4 Å². The van der Waals surface area contributed by atoms with E-state index in [-0.39, 0.29) is 48.7 Å². The fraction of sp³-hybridized carbons (Fsp3) is 0.410. The van der Waals surface area contributed by atoms with E-state index in [9.17, 15) is 37.6 Å². The number of piperidine rings is 1. The van der Waals surface area contributed by atoms with Crippen LogP contribution in [0.1, 0.15) is 43.4 Å². The van der Waals surface area contributed by atoms with Crippen molar-refractivity contribution in [1.82, 2.24) is 15.1 Å². The highest BCUT2D eigenvalue weighted by Crippen LogP contribution is 2.44. The third-order valence-corrected chi connectivity index (χ3v) is 10.7. The maximum absolute atomic E-state index is 15.6. The lowest BCUT2D eigenvalue weighted by Gasteiger charge is -2.35. The second-order valence-electron chi connectivity index (χ2n) is 14.6. The van der Waals surface area contributed by atoms with Gasteiger partial charge in [0.1, 0.15) is 18.2 Å². The monoisotopic (exact) mass is 810 g/mol. The smallest absolute Gasteiger partial charge is 0.417 e. The number of thiol groups is 1. The van der Waals surface area contributed by atoms with Crippen molar-refractivity contribution in [3.63, 3.8) is 0 Å². The van der Waals surface area contributed by atoms with Gasteiger partial charge < -0.3 is 20.3 Å². The van der Waals surface area contributed by atoms with Crippen molar-refractivity contribution < 1.29 is 41.5 Å². The first-order valence-corrected chi connectivity index (χ1v) is 18.8. The number of ether oxygens (including phenoxy) is 1. The number of halogens is 4. The van der Waals surface area contributed by atoms with E-state index in [1.165, 1.54) is 29.2 Å². The Morgan fingerprint density at radius 3 is 2.42 bits per heavy atom. The molecule has 0 aliphatic carbocycles. The average Bonchev–Trinajstić information content (AvgIpc) is 3.32. The van der Waals surface area contributed by atoms with E-state index in [0.29, 0.717) is 61.8 Å². The van der Waals surface area contributed by atoms with Crippen molar-refractivity contribution in [3.05, 3.63) is 77.1 Å². The fourth-order valence-corrected chi connectivity index (χ4v) is 7.84. The molecule has 3 fully saturated rings. The number of alkyl halides is 3. The molecule has 3 aromatic rings. The van der Waals surface area contributed by atoms with E-state index in [0.717, 1.165) is 17.0 Å². The summed E-state index contributed by atoms with van der Waals surface area (Å²) in [6.45, 7) is 8.27. The molecule has 4 amide bonds. The third-order valence-electron chi connectivity index (χ3n) is 10.2. The Balaban J connectivity index is 0.995. The minimum atomic E-state index is -4.83. The summed E-state index contributed by atoms with van der Waals surface area (Å²) in [6, 6.07) is 13.7. The Kier molecular flexibility index (Phi) is 12.0. The molecular formula is C39H42F4N8O5S. The molecule has 3 aliphatic rings. The number of benzene rings is 3. The number of carbonyl (C=O) groups excluding carboxylic acids is 4. The Morgan fingerprint density at radius 1 is 1.04 bits per heavy atom. The van der Waals surface area contributed by atoms with E-state index in [1.807, 2.05) is 4.90 Å². The predicted octanol–water partition coefficient (Wildman–Crippen LogP) is 4.72. The number of piperazine rings is 1. The van der Waals surface area contributed by atoms with Gasteiger partial charge in [0, 0.05) is 68.0 Å². The van der Waals surface area contributed by atoms with Gasteiger partial charge in [0.05, 0.1) is 23.7 Å². The lowest BCUT2D eigenvalue weighted by atomic mass is 10.0. The van der Waals surface area contributed by atoms with Crippen LogP contribution in [0.3, 0.4) is 0 Å². The van der Waals surface area contributed by atoms with Gasteiger partial charge in [0.2, 0.25) is 17.7 Å². The number of nitrogens with zero attached hydrogens (tertiary/aromatic N) is 5. The van der Waals surface area contributed by atoms with Gasteiger partial charge in [0.25, 0.3) is 5.91 Å². The van der Waals surface area contributed by atoms with Crippen LogP contribution in [-0.4, -0.2) is 96.4 Å². The molecule has 3 aliphatic heterocycles. The second kappa shape index (κ2) is 16.6. The summed E-state index contributed by atoms with van der Waals surface area (Å²) < 4.78 is 62.6. The van der Waals surface area contributed by atoms with E-state index >= 15 is 4.39 Å². The van der Waals surface area contributed by atoms with Crippen LogP contribution in [0.5, 0.6) is 5.75 Å². The molecule has 18 heteroatoms. The predicted molar refractivity (Wildman–Crippen MR) is 207 cm³/mol. The van der Waals surface area contributed by atoms with Gasteiger partial charge in [-0.05, 0) is 75.2 Å². The van der Waals surface area contributed by atoms with Crippen molar-refractivity contribution >= 4 is 59.0 Å². The summed E-state index contributed by atoms with van der Waals surface area (Å²) >= 11 is 4.61. The number of carbonyl (C=O) groups is 4. The van der Waals surface area contributed by atoms with E-state index < -0.39 is 46.1 Å². The SMILES string of the molecule is Cc1cc(OCCN2CCN(CC(=O)Nc3cccc(NC4CCC(=O)NC4=O)c3)CC2)c(F)cc1N1C(S)N(c2ccc(C#N)c(C(F)(F)F)c2)C(=O)C1(C)C. The summed E-state index contributed by atoms with van der Waals surface area (Å²) in [5, 5.41) is 17.5. The lowest BCUT2D eigenvalue weighted by Crippen LogP contribution is -2.49. The van der Waals surface area contributed by atoms with Crippen LogP contribution in [0.4, 0.5) is 40.3 Å². The van der Waals surface area contributed by atoms with Gasteiger partial charge in [-0.15, -0.1) is 12.6 Å². The second-order valence-corrected chi connectivity index (χ2v) is 15.1. The van der Waals surface area contributed by atoms with Gasteiger partial charge in [-0.2, -0.15) is 18.4 Å². The molecule has 3 heterocycles. The minimum absolute atomic E-state index is 0.000691. The first kappa shape index (κ1) is 41.3. The Morgan fingerprint density at radius 2 is 1.74 bits per heavy atom. The molecule has 0 spiro atoms. The van der Waals surface area contributed by atoms with Crippen molar-refractivity contribution in [3.8, 4) is 11.8 Å². The number of imide groups is 1. The lowest BCUT2D eigenvalue weighted by molar-refractivity contribution is -0.138. The van der Waals surface area contributed by atoms with Crippen LogP contribution in [0.25, 0.3) is 0 Å². The number of nitriles is 1. The van der Waals surface area contributed by atoms with Crippen LogP contribution in [0, 0.1) is 24.1 Å². The Bertz CT molecular complexity index is 2100. The highest BCUT2D eigenvalue weighted by Gasteiger charge is 2.52. The summed E-state index contributed by atoms with van der Waals surface area (Å²) in [4.78, 5) is 56.8. The molecule has 6 rings (SSSR count). The summed E-state index contributed by atoms with van der Waals surface area (Å²) in [6.07, 6.45) is -4.19. The number of anilines is 4. The van der Waals surface area contributed by atoms with Gasteiger partial charge in [-0.1, -0.05) is 6.07 Å². The molecule has 13 nitrogen and oxygen atoms in total. The first-order chi connectivity index (χ1) is 27.0. The molecular weight excluding hydrogens is 769 g/mol. The zero-order valence-corrected chi connectivity index (χ0v) is 32.3. The number of hydrogen-bond acceptors (Lipinski definition) is 11. The van der Waals surface area contributed by atoms with Crippen LogP contribution >= 0.6 is 12.6 Å². The molecule has 0 aromatic heterocycles. The molecule has 3 aromatic carbocycles. The number of nitrogens with one attached hydrogen (secondary N) is 3. The molecule has 3 N–H and O–H groups in total. The van der Waals surface area contributed by atoms with E-state index in [4.69, 9.17) is 4.74 Å². The van der Waals surface area contributed by atoms with E-state index in [1.54, 1.807) is 45.0 Å². The molecule has 0 saturated carbocycles. The molecule has 2 atom stereocenters. The Hall–Kier alpha value is -5.38. The quantitative estimate of drug-likeness (QED) is 0.122. The molecule has 2 unspecified atom stereocenters. The van der Waals surface area contributed by atoms with Gasteiger partial charge in [0.15, 0.2) is 17.1 Å². The largest absolute Gasteiger partial charge is 0.489 e. The molecule has 57 heavy (non-hydrogen) atoms. The number of aryl methyl sites for hydroxylation is 1. The maximum atomic E-state index is 15.6. The first-order valence-electron chi connectivity index (χ1n) is 18.3. The Labute approximate surface area is 332 Å². The topological polar surface area (TPSA) is 150 Å². The molecule has 0 radical (unpaired) electrons. The zero-order valence-electron chi connectivity index (χ0n) is 31.5. The number of amides is 4. The summed E-state index contributed by atoms with van der Waals surface area (Å²) in [5.74, 6) is -2.12. The molecule has 0 bridgehead atoms. The van der Waals surface area contributed by atoms with E-state index in [2.05, 4.69) is 33.5 Å². The highest BCUT2D eigenvalue weighted by atomic mass is 32.1. The van der Waals surface area contributed by atoms with Crippen LogP contribution in [0.2, 0.25) is 0 Å². The molecule has 302 valence electrons. The summed E-state index contributed by atoms with van der Waals surface area (Å²) in [5.41, 5.74) is -2.22. The molecule has 3 saturated heterocycles. The third kappa shape index (κ3) is 9.11. The zero-order chi connectivity index (χ0) is 41.2. The van der Waals surface area contributed by atoms with Crippen molar-refractivity contribution in [2.24, 2.45) is 0 Å². The average molecular weight is 811 g/mol. The van der Waals surface area contributed by atoms with Gasteiger partial charge in [-0.3, -0.25) is 39.2 Å².